The maximum atomic E-state index is 12.7. The van der Waals surface area contributed by atoms with E-state index in [4.69, 9.17) is 4.74 Å². The summed E-state index contributed by atoms with van der Waals surface area (Å²) in [4.78, 5) is 22.3. The quantitative estimate of drug-likeness (QED) is 0.620. The molecule has 1 aromatic carbocycles. The van der Waals surface area contributed by atoms with Crippen molar-refractivity contribution < 1.29 is 4.74 Å². The van der Waals surface area contributed by atoms with Crippen molar-refractivity contribution >= 4 is 16.7 Å². The van der Waals surface area contributed by atoms with Crippen LogP contribution in [0.2, 0.25) is 0 Å². The molecule has 4 aliphatic rings. The van der Waals surface area contributed by atoms with Crippen LogP contribution in [0, 0.1) is 0 Å². The minimum atomic E-state index is -0.00474. The van der Waals surface area contributed by atoms with Gasteiger partial charge in [-0.25, -0.2) is 4.98 Å². The number of piperidine rings is 1. The number of rotatable bonds is 2. The molecular formula is C28H33N5O2. The van der Waals surface area contributed by atoms with Crippen LogP contribution in [0.5, 0.6) is 0 Å². The molecule has 0 saturated carbocycles. The van der Waals surface area contributed by atoms with E-state index in [0.29, 0.717) is 30.1 Å². The summed E-state index contributed by atoms with van der Waals surface area (Å²) >= 11 is 0. The molecule has 0 unspecified atom stereocenters. The smallest absolute Gasteiger partial charge is 0.253 e. The van der Waals surface area contributed by atoms with Crippen LogP contribution in [-0.2, 0) is 18.3 Å². The zero-order chi connectivity index (χ0) is 23.7. The fraction of sp³-hybridized carbons (Fsp3) is 0.500. The number of nitrogens with one attached hydrogen (secondary N) is 1. The van der Waals surface area contributed by atoms with Gasteiger partial charge in [-0.15, -0.1) is 0 Å². The number of morpholine rings is 1. The van der Waals surface area contributed by atoms with Crippen molar-refractivity contribution in [3.05, 3.63) is 69.6 Å². The van der Waals surface area contributed by atoms with Gasteiger partial charge in [0.05, 0.1) is 24.9 Å². The van der Waals surface area contributed by atoms with E-state index in [1.807, 2.05) is 6.07 Å². The van der Waals surface area contributed by atoms with Crippen molar-refractivity contribution in [2.75, 3.05) is 31.2 Å². The third-order valence-electron chi connectivity index (χ3n) is 8.75. The van der Waals surface area contributed by atoms with Gasteiger partial charge in [-0.05, 0) is 54.5 Å². The number of piperazine rings is 1. The van der Waals surface area contributed by atoms with Crippen molar-refractivity contribution in [1.29, 1.82) is 0 Å². The first kappa shape index (κ1) is 21.5. The average molecular weight is 472 g/mol. The fourth-order valence-electron chi connectivity index (χ4n) is 7.03. The molecule has 35 heavy (non-hydrogen) atoms. The maximum absolute atomic E-state index is 12.7. The van der Waals surface area contributed by atoms with Gasteiger partial charge in [0.2, 0.25) is 0 Å². The van der Waals surface area contributed by atoms with E-state index in [-0.39, 0.29) is 5.56 Å². The predicted molar refractivity (Wildman–Crippen MR) is 137 cm³/mol. The van der Waals surface area contributed by atoms with E-state index < -0.39 is 0 Å². The number of anilines is 1. The minimum absolute atomic E-state index is 0.00474. The molecule has 6 heterocycles. The highest BCUT2D eigenvalue weighted by Crippen LogP contribution is 2.42. The summed E-state index contributed by atoms with van der Waals surface area (Å²) in [7, 11) is 1.80. The Morgan fingerprint density at radius 1 is 1.09 bits per heavy atom. The lowest BCUT2D eigenvalue weighted by Crippen LogP contribution is -2.53. The van der Waals surface area contributed by atoms with Gasteiger partial charge in [-0.3, -0.25) is 14.3 Å². The van der Waals surface area contributed by atoms with E-state index in [9.17, 15) is 4.79 Å². The monoisotopic (exact) mass is 471 g/mol. The van der Waals surface area contributed by atoms with Crippen LogP contribution < -0.4 is 15.8 Å². The highest BCUT2D eigenvalue weighted by Gasteiger charge is 2.40. The van der Waals surface area contributed by atoms with E-state index in [1.54, 1.807) is 23.9 Å². The third-order valence-corrected chi connectivity index (χ3v) is 8.75. The number of hydrogen-bond donors (Lipinski definition) is 1. The molecule has 5 atom stereocenters. The topological polar surface area (TPSA) is 62.6 Å². The third kappa shape index (κ3) is 3.51. The van der Waals surface area contributed by atoms with Crippen molar-refractivity contribution in [3.8, 4) is 0 Å². The first-order chi connectivity index (χ1) is 17.0. The van der Waals surface area contributed by atoms with E-state index in [2.05, 4.69) is 51.3 Å². The molecule has 2 bridgehead atoms. The van der Waals surface area contributed by atoms with Crippen LogP contribution >= 0.6 is 0 Å². The highest BCUT2D eigenvalue weighted by molar-refractivity contribution is 5.89. The van der Waals surface area contributed by atoms with Crippen molar-refractivity contribution in [3.63, 3.8) is 0 Å². The Kier molecular flexibility index (Phi) is 5.02. The number of pyridine rings is 2. The number of aryl methyl sites for hydroxylation is 1. The zero-order valence-electron chi connectivity index (χ0n) is 20.5. The molecule has 7 heteroatoms. The Morgan fingerprint density at radius 3 is 2.74 bits per heavy atom. The summed E-state index contributed by atoms with van der Waals surface area (Å²) < 4.78 is 7.40. The Morgan fingerprint density at radius 2 is 1.91 bits per heavy atom. The Labute approximate surface area is 205 Å². The lowest BCUT2D eigenvalue weighted by atomic mass is 9.81. The van der Waals surface area contributed by atoms with E-state index >= 15 is 0 Å². The van der Waals surface area contributed by atoms with Gasteiger partial charge < -0.3 is 15.0 Å². The molecule has 0 radical (unpaired) electrons. The van der Waals surface area contributed by atoms with Crippen LogP contribution in [0.4, 0.5) is 5.69 Å². The zero-order valence-corrected chi connectivity index (χ0v) is 20.5. The van der Waals surface area contributed by atoms with Gasteiger partial charge in [-0.1, -0.05) is 18.2 Å². The standard InChI is InChI=1S/C28H33N5O2/c1-17-12-32(25-11-27(34)31(2)28-24(25)4-3-7-29-28)14-26-23-6-5-18(8-20(23)13-33(17)26)19-9-21-15-35-16-22(10-19)30-21/h3-8,11,17,19,21-22,26,30H,9-10,12-16H2,1-2H3/t17-,19-,21-,22+,26-/m1/s1. The van der Waals surface area contributed by atoms with Crippen LogP contribution in [0.25, 0.3) is 11.0 Å². The molecule has 182 valence electrons. The normalized spacial score (nSPS) is 30.3. The van der Waals surface area contributed by atoms with Crippen molar-refractivity contribution in [2.45, 2.75) is 56.4 Å². The van der Waals surface area contributed by atoms with Crippen molar-refractivity contribution in [1.82, 2.24) is 19.8 Å². The number of fused-ring (bicyclic) bond motifs is 6. The lowest BCUT2D eigenvalue weighted by molar-refractivity contribution is 0.0180. The number of hydrogen-bond acceptors (Lipinski definition) is 6. The molecule has 3 aromatic rings. The van der Waals surface area contributed by atoms with E-state index in [0.717, 1.165) is 62.4 Å². The van der Waals surface area contributed by atoms with Gasteiger partial charge in [0.25, 0.3) is 5.56 Å². The van der Waals surface area contributed by atoms with Crippen LogP contribution in [-0.4, -0.2) is 58.9 Å². The molecule has 0 aliphatic carbocycles. The Bertz CT molecular complexity index is 1340. The fourth-order valence-corrected chi connectivity index (χ4v) is 7.03. The number of benzene rings is 1. The molecule has 0 amide bonds. The van der Waals surface area contributed by atoms with Crippen LogP contribution in [0.15, 0.2) is 47.4 Å². The summed E-state index contributed by atoms with van der Waals surface area (Å²) in [6.07, 6.45) is 4.09. The molecular weight excluding hydrogens is 438 g/mol. The van der Waals surface area contributed by atoms with Crippen LogP contribution in [0.1, 0.15) is 48.4 Å². The SMILES string of the molecule is C[C@@H]1CN(c2cc(=O)n(C)c3ncccc23)C[C@@H]2c3ccc([C@H]4C[C@H]5COC[C@@H](C4)N5)cc3CN12. The molecule has 7 nitrogen and oxygen atoms in total. The van der Waals surface area contributed by atoms with Gasteiger partial charge in [0.15, 0.2) is 0 Å². The van der Waals surface area contributed by atoms with Gasteiger partial charge in [0, 0.05) is 62.5 Å². The first-order valence-electron chi connectivity index (χ1n) is 13.0. The summed E-state index contributed by atoms with van der Waals surface area (Å²) in [5.74, 6) is 0.617. The number of ether oxygens (including phenoxy) is 1. The van der Waals surface area contributed by atoms with Crippen LogP contribution in [0.3, 0.4) is 0 Å². The predicted octanol–water partition coefficient (Wildman–Crippen LogP) is 2.93. The second-order valence-electron chi connectivity index (χ2n) is 11.0. The number of aromatic nitrogens is 2. The number of nitrogens with zero attached hydrogens (tertiary/aromatic N) is 4. The second-order valence-corrected chi connectivity index (χ2v) is 11.0. The summed E-state index contributed by atoms with van der Waals surface area (Å²) in [6.45, 7) is 6.82. The molecule has 4 aliphatic heterocycles. The summed E-state index contributed by atoms with van der Waals surface area (Å²) in [5.41, 5.74) is 6.19. The second kappa shape index (κ2) is 8.15. The maximum Gasteiger partial charge on any atom is 0.253 e. The van der Waals surface area contributed by atoms with Crippen molar-refractivity contribution in [2.24, 2.45) is 7.05 Å². The molecule has 2 aromatic heterocycles. The minimum Gasteiger partial charge on any atom is -0.378 e. The molecule has 7 rings (SSSR count). The molecule has 3 saturated heterocycles. The Balaban J connectivity index is 1.20. The molecule has 3 fully saturated rings. The summed E-state index contributed by atoms with van der Waals surface area (Å²) in [5, 5.41) is 4.77. The summed E-state index contributed by atoms with van der Waals surface area (Å²) in [6, 6.07) is 14.8. The lowest BCUT2D eigenvalue weighted by Gasteiger charge is -2.43. The largest absolute Gasteiger partial charge is 0.378 e. The molecule has 1 N–H and O–H groups in total. The highest BCUT2D eigenvalue weighted by atomic mass is 16.5. The molecule has 0 spiro atoms. The van der Waals surface area contributed by atoms with Gasteiger partial charge >= 0.3 is 0 Å². The van der Waals surface area contributed by atoms with Gasteiger partial charge in [0.1, 0.15) is 5.65 Å². The van der Waals surface area contributed by atoms with E-state index in [1.165, 1.54) is 16.7 Å². The first-order valence-corrected chi connectivity index (χ1v) is 13.0. The Hall–Kier alpha value is -2.74. The average Bonchev–Trinajstić information content (AvgIpc) is 3.24. The van der Waals surface area contributed by atoms with Gasteiger partial charge in [-0.2, -0.15) is 0 Å².